The number of rotatable bonds is 0. The van der Waals surface area contributed by atoms with Crippen LogP contribution in [0.1, 0.15) is 13.3 Å². The van der Waals surface area contributed by atoms with Gasteiger partial charge in [0.05, 0.1) is 0 Å². The largest absolute Gasteiger partial charge is 0.399 e. The first-order chi connectivity index (χ1) is 4.70. The highest BCUT2D eigenvalue weighted by Crippen LogP contribution is 2.16. The third kappa shape index (κ3) is 1.64. The summed E-state index contributed by atoms with van der Waals surface area (Å²) >= 11 is 5.77. The van der Waals surface area contributed by atoms with Crippen LogP contribution in [0, 0.1) is 0 Å². The van der Waals surface area contributed by atoms with Gasteiger partial charge in [-0.05, 0) is 24.6 Å². The van der Waals surface area contributed by atoms with Gasteiger partial charge in [0.25, 0.3) is 0 Å². The topological polar surface area (TPSA) is 26.0 Å². The van der Waals surface area contributed by atoms with Crippen molar-refractivity contribution >= 4 is 11.6 Å². The zero-order valence-corrected chi connectivity index (χ0v) is 6.65. The molecule has 0 spiro atoms. The lowest BCUT2D eigenvalue weighted by molar-refractivity contribution is 1.25. The number of hydrogen-bond acceptors (Lipinski definition) is 1. The Hall–Kier alpha value is -0.690. The Balaban J connectivity index is 2.90. The quantitative estimate of drug-likeness (QED) is 0.571. The molecule has 0 fully saturated rings. The van der Waals surface area contributed by atoms with Crippen LogP contribution in [-0.4, -0.2) is 0 Å². The van der Waals surface area contributed by atoms with Gasteiger partial charge in [-0.1, -0.05) is 17.7 Å². The van der Waals surface area contributed by atoms with E-state index in [1.54, 1.807) is 0 Å². The van der Waals surface area contributed by atoms with E-state index in [0.29, 0.717) is 0 Å². The van der Waals surface area contributed by atoms with Gasteiger partial charge < -0.3 is 5.73 Å². The molecule has 0 amide bonds. The van der Waals surface area contributed by atoms with Crippen LogP contribution in [0.4, 0.5) is 0 Å². The van der Waals surface area contributed by atoms with Gasteiger partial charge in [0.15, 0.2) is 0 Å². The molecule has 0 aromatic carbocycles. The molecule has 2 N–H and O–H groups in total. The van der Waals surface area contributed by atoms with Crippen LogP contribution < -0.4 is 5.73 Å². The second-order valence-electron chi connectivity index (χ2n) is 2.33. The second kappa shape index (κ2) is 2.93. The number of halogens is 1. The number of hydrogen-bond donors (Lipinski definition) is 1. The first-order valence-corrected chi connectivity index (χ1v) is 3.57. The summed E-state index contributed by atoms with van der Waals surface area (Å²) in [7, 11) is 0. The minimum Gasteiger partial charge on any atom is -0.399 e. The van der Waals surface area contributed by atoms with E-state index >= 15 is 0 Å². The SMILES string of the molecule is CC1=CCC(Cl)=CC=C1N. The molecule has 0 saturated carbocycles. The lowest BCUT2D eigenvalue weighted by atomic mass is 10.2. The monoisotopic (exact) mass is 155 g/mol. The van der Waals surface area contributed by atoms with Crippen molar-refractivity contribution in [3.8, 4) is 0 Å². The summed E-state index contributed by atoms with van der Waals surface area (Å²) in [4.78, 5) is 0. The molecule has 1 aliphatic carbocycles. The average molecular weight is 156 g/mol. The van der Waals surface area contributed by atoms with Gasteiger partial charge >= 0.3 is 0 Å². The summed E-state index contributed by atoms with van der Waals surface area (Å²) in [5.41, 5.74) is 7.54. The molecule has 0 aromatic heterocycles. The van der Waals surface area contributed by atoms with Gasteiger partial charge in [-0.2, -0.15) is 0 Å². The fourth-order valence-electron chi connectivity index (χ4n) is 0.748. The molecule has 0 heterocycles. The van der Waals surface area contributed by atoms with Crippen LogP contribution in [-0.2, 0) is 0 Å². The summed E-state index contributed by atoms with van der Waals surface area (Å²) in [5.74, 6) is 0. The third-order valence-corrected chi connectivity index (χ3v) is 1.78. The van der Waals surface area contributed by atoms with E-state index in [9.17, 15) is 0 Å². The van der Waals surface area contributed by atoms with Crippen molar-refractivity contribution in [2.45, 2.75) is 13.3 Å². The van der Waals surface area contributed by atoms with Gasteiger partial charge in [-0.15, -0.1) is 0 Å². The molecule has 0 bridgehead atoms. The third-order valence-electron chi connectivity index (χ3n) is 1.50. The maximum absolute atomic E-state index is 5.77. The Labute approximate surface area is 65.9 Å². The highest BCUT2D eigenvalue weighted by atomic mass is 35.5. The average Bonchev–Trinajstić information content (AvgIpc) is 2.04. The van der Waals surface area contributed by atoms with E-state index in [2.05, 4.69) is 0 Å². The van der Waals surface area contributed by atoms with Gasteiger partial charge in [-0.3, -0.25) is 0 Å². The maximum Gasteiger partial charge on any atom is 0.0341 e. The van der Waals surface area contributed by atoms with Crippen LogP contribution in [0.2, 0.25) is 0 Å². The first-order valence-electron chi connectivity index (χ1n) is 3.19. The first kappa shape index (κ1) is 7.42. The molecule has 0 aliphatic heterocycles. The highest BCUT2D eigenvalue weighted by Gasteiger charge is 1.97. The second-order valence-corrected chi connectivity index (χ2v) is 2.81. The predicted molar refractivity (Wildman–Crippen MR) is 44.6 cm³/mol. The Bertz CT molecular complexity index is 223. The summed E-state index contributed by atoms with van der Waals surface area (Å²) in [6.07, 6.45) is 6.49. The van der Waals surface area contributed by atoms with Crippen LogP contribution >= 0.6 is 11.6 Å². The smallest absolute Gasteiger partial charge is 0.0341 e. The van der Waals surface area contributed by atoms with E-state index in [4.69, 9.17) is 17.3 Å². The molecule has 0 saturated heterocycles. The lowest BCUT2D eigenvalue weighted by Crippen LogP contribution is -1.96. The molecular formula is C8H10ClN. The molecule has 1 aliphatic rings. The summed E-state index contributed by atoms with van der Waals surface area (Å²) in [5, 5.41) is 0.833. The molecule has 0 aromatic rings. The Morgan fingerprint density at radius 1 is 1.50 bits per heavy atom. The predicted octanol–water partition coefficient (Wildman–Crippen LogP) is 2.30. The molecule has 0 unspecified atom stereocenters. The lowest BCUT2D eigenvalue weighted by Gasteiger charge is -1.95. The van der Waals surface area contributed by atoms with Gasteiger partial charge in [0.2, 0.25) is 0 Å². The van der Waals surface area contributed by atoms with Crippen molar-refractivity contribution in [1.82, 2.24) is 0 Å². The van der Waals surface area contributed by atoms with Crippen LogP contribution in [0.25, 0.3) is 0 Å². The van der Waals surface area contributed by atoms with E-state index in [0.717, 1.165) is 22.7 Å². The molecule has 54 valence electrons. The van der Waals surface area contributed by atoms with Crippen LogP contribution in [0.5, 0.6) is 0 Å². The molecule has 2 heteroatoms. The zero-order chi connectivity index (χ0) is 7.56. The number of allylic oxidation sites excluding steroid dienone is 5. The Kier molecular flexibility index (Phi) is 2.17. The van der Waals surface area contributed by atoms with Crippen molar-refractivity contribution in [3.05, 3.63) is 34.5 Å². The van der Waals surface area contributed by atoms with Gasteiger partial charge in [0.1, 0.15) is 0 Å². The van der Waals surface area contributed by atoms with Crippen LogP contribution in [0.15, 0.2) is 34.5 Å². The van der Waals surface area contributed by atoms with Crippen molar-refractivity contribution in [2.24, 2.45) is 5.73 Å². The van der Waals surface area contributed by atoms with Crippen molar-refractivity contribution in [2.75, 3.05) is 0 Å². The van der Waals surface area contributed by atoms with Crippen molar-refractivity contribution in [3.63, 3.8) is 0 Å². The van der Waals surface area contributed by atoms with Crippen molar-refractivity contribution < 1.29 is 0 Å². The Morgan fingerprint density at radius 3 is 2.90 bits per heavy atom. The minimum absolute atomic E-state index is 0.796. The van der Waals surface area contributed by atoms with Gasteiger partial charge in [0, 0.05) is 17.2 Å². The van der Waals surface area contributed by atoms with Gasteiger partial charge in [-0.25, -0.2) is 0 Å². The van der Waals surface area contributed by atoms with E-state index in [1.807, 2.05) is 25.2 Å². The standard InChI is InChI=1S/C8H10ClN/c1-6-2-3-7(9)4-5-8(6)10/h2,4-5H,3,10H2,1H3. The van der Waals surface area contributed by atoms with E-state index in [-0.39, 0.29) is 0 Å². The highest BCUT2D eigenvalue weighted by molar-refractivity contribution is 6.29. The Morgan fingerprint density at radius 2 is 2.20 bits per heavy atom. The fourth-order valence-corrected chi connectivity index (χ4v) is 0.888. The molecule has 10 heavy (non-hydrogen) atoms. The summed E-state index contributed by atoms with van der Waals surface area (Å²) in [6.45, 7) is 1.98. The fraction of sp³-hybridized carbons (Fsp3) is 0.250. The molecule has 1 rings (SSSR count). The maximum atomic E-state index is 5.77. The normalized spacial score (nSPS) is 18.8. The summed E-state index contributed by atoms with van der Waals surface area (Å²) in [6, 6.07) is 0. The molecule has 0 radical (unpaired) electrons. The summed E-state index contributed by atoms with van der Waals surface area (Å²) < 4.78 is 0. The van der Waals surface area contributed by atoms with E-state index < -0.39 is 0 Å². The molecule has 1 nitrogen and oxygen atoms in total. The zero-order valence-electron chi connectivity index (χ0n) is 5.89. The van der Waals surface area contributed by atoms with Crippen molar-refractivity contribution in [1.29, 1.82) is 0 Å². The number of nitrogens with two attached hydrogens (primary N) is 1. The molecule has 0 atom stereocenters. The molecular weight excluding hydrogens is 146 g/mol. The van der Waals surface area contributed by atoms with E-state index in [1.165, 1.54) is 0 Å². The van der Waals surface area contributed by atoms with Crippen LogP contribution in [0.3, 0.4) is 0 Å². The minimum atomic E-state index is 0.796.